The summed E-state index contributed by atoms with van der Waals surface area (Å²) in [5, 5.41) is 12.3. The number of nitrogens with zero attached hydrogens (tertiary/aromatic N) is 1. The van der Waals surface area contributed by atoms with Gasteiger partial charge in [0.2, 0.25) is 0 Å². The maximum atomic E-state index is 9.21. The topological polar surface area (TPSA) is 70.6 Å². The minimum Gasteiger partial charge on any atom is -0.394 e. The van der Waals surface area contributed by atoms with Gasteiger partial charge in [0, 0.05) is 0 Å². The second kappa shape index (κ2) is 6.74. The Morgan fingerprint density at radius 3 is 2.56 bits per heavy atom. The average Bonchev–Trinajstić information content (AvgIpc) is 2.68. The fourth-order valence-corrected chi connectivity index (χ4v) is 2.22. The molecule has 0 bridgehead atoms. The first-order valence-corrected chi connectivity index (χ1v) is 6.32. The van der Waals surface area contributed by atoms with Gasteiger partial charge in [0.05, 0.1) is 18.7 Å². The van der Waals surface area contributed by atoms with Crippen LogP contribution in [-0.2, 0) is 0 Å². The number of nitrogens with two attached hydrogens (primary N) is 1. The number of rotatable bonds is 5. The molecule has 1 unspecified atom stereocenters. The summed E-state index contributed by atoms with van der Waals surface area (Å²) < 4.78 is 0. The van der Waals surface area contributed by atoms with Gasteiger partial charge in [-0.15, -0.1) is 0 Å². The third-order valence-corrected chi connectivity index (χ3v) is 2.97. The van der Waals surface area contributed by atoms with Crippen LogP contribution in [0.25, 0.3) is 0 Å². The van der Waals surface area contributed by atoms with Gasteiger partial charge in [-0.3, -0.25) is 4.99 Å². The molecule has 4 N–H and O–H groups in total. The standard InChI is InChI=1S/C12H25N3O/c1-9(2)7-11(8-16)15-12(13)14-10-5-3-4-6-10/h9-11,16H,3-8H2,1-2H3,(H3,13,14,15). The van der Waals surface area contributed by atoms with Gasteiger partial charge in [0.15, 0.2) is 5.96 Å². The van der Waals surface area contributed by atoms with E-state index in [4.69, 9.17) is 5.73 Å². The van der Waals surface area contributed by atoms with Crippen LogP contribution in [0.2, 0.25) is 0 Å². The minimum atomic E-state index is 0.0325. The lowest BCUT2D eigenvalue weighted by Gasteiger charge is -2.19. The molecular weight excluding hydrogens is 202 g/mol. The zero-order valence-corrected chi connectivity index (χ0v) is 10.4. The molecule has 0 radical (unpaired) electrons. The van der Waals surface area contributed by atoms with Crippen LogP contribution >= 0.6 is 0 Å². The predicted octanol–water partition coefficient (Wildman–Crippen LogP) is 1.24. The van der Waals surface area contributed by atoms with E-state index >= 15 is 0 Å². The van der Waals surface area contributed by atoms with Crippen LogP contribution in [0.3, 0.4) is 0 Å². The highest BCUT2D eigenvalue weighted by Crippen LogP contribution is 2.20. The van der Waals surface area contributed by atoms with Crippen molar-refractivity contribution >= 4 is 5.96 Å². The molecule has 0 aliphatic heterocycles. The molecule has 1 aliphatic rings. The van der Waals surface area contributed by atoms with E-state index in [2.05, 4.69) is 24.2 Å². The molecular formula is C12H25N3O. The van der Waals surface area contributed by atoms with Crippen LogP contribution in [-0.4, -0.2) is 29.8 Å². The summed E-state index contributed by atoms with van der Waals surface area (Å²) >= 11 is 0. The molecule has 0 saturated heterocycles. The first kappa shape index (κ1) is 13.3. The highest BCUT2D eigenvalue weighted by atomic mass is 16.3. The van der Waals surface area contributed by atoms with Crippen molar-refractivity contribution < 1.29 is 5.11 Å². The van der Waals surface area contributed by atoms with E-state index in [0.29, 0.717) is 17.9 Å². The van der Waals surface area contributed by atoms with E-state index in [1.54, 1.807) is 0 Å². The smallest absolute Gasteiger partial charge is 0.189 e. The van der Waals surface area contributed by atoms with Crippen LogP contribution in [0.1, 0.15) is 46.0 Å². The first-order valence-electron chi connectivity index (χ1n) is 6.32. The largest absolute Gasteiger partial charge is 0.394 e. The summed E-state index contributed by atoms with van der Waals surface area (Å²) in [6.45, 7) is 4.38. The van der Waals surface area contributed by atoms with E-state index in [9.17, 15) is 5.11 Å². The molecule has 1 aliphatic carbocycles. The lowest BCUT2D eigenvalue weighted by Crippen LogP contribution is -2.43. The quantitative estimate of drug-likeness (QED) is 0.489. The van der Waals surface area contributed by atoms with Crippen molar-refractivity contribution in [1.29, 1.82) is 0 Å². The SMILES string of the molecule is CC(C)CC(CO)NC(N)=NC1CCCC1. The molecule has 16 heavy (non-hydrogen) atoms. The van der Waals surface area contributed by atoms with Crippen LogP contribution in [0.15, 0.2) is 4.99 Å². The van der Waals surface area contributed by atoms with Gasteiger partial charge in [-0.1, -0.05) is 26.7 Å². The van der Waals surface area contributed by atoms with Gasteiger partial charge in [-0.25, -0.2) is 0 Å². The highest BCUT2D eigenvalue weighted by molar-refractivity contribution is 5.78. The number of aliphatic hydroxyl groups is 1. The second-order valence-electron chi connectivity index (χ2n) is 5.11. The molecule has 4 heteroatoms. The summed E-state index contributed by atoms with van der Waals surface area (Å²) in [6, 6.07) is 0.427. The van der Waals surface area contributed by atoms with Gasteiger partial charge < -0.3 is 16.2 Å². The van der Waals surface area contributed by atoms with Crippen molar-refractivity contribution in [3.8, 4) is 0 Å². The Labute approximate surface area is 98.3 Å². The number of guanidine groups is 1. The Kier molecular flexibility index (Phi) is 5.60. The van der Waals surface area contributed by atoms with Crippen LogP contribution in [0, 0.1) is 5.92 Å². The van der Waals surface area contributed by atoms with Gasteiger partial charge in [0.25, 0.3) is 0 Å². The molecule has 4 nitrogen and oxygen atoms in total. The molecule has 1 fully saturated rings. The summed E-state index contributed by atoms with van der Waals surface area (Å²) in [7, 11) is 0. The fourth-order valence-electron chi connectivity index (χ4n) is 2.22. The number of hydrogen-bond donors (Lipinski definition) is 3. The predicted molar refractivity (Wildman–Crippen MR) is 67.3 cm³/mol. The Morgan fingerprint density at radius 1 is 1.44 bits per heavy atom. The van der Waals surface area contributed by atoms with Crippen molar-refractivity contribution in [2.75, 3.05) is 6.61 Å². The molecule has 1 atom stereocenters. The van der Waals surface area contributed by atoms with Gasteiger partial charge in [0.1, 0.15) is 0 Å². The maximum Gasteiger partial charge on any atom is 0.189 e. The van der Waals surface area contributed by atoms with Gasteiger partial charge in [-0.05, 0) is 25.2 Å². The number of aliphatic hydroxyl groups excluding tert-OH is 1. The first-order chi connectivity index (χ1) is 7.61. The number of aliphatic imine (C=N–C) groups is 1. The van der Waals surface area contributed by atoms with Crippen LogP contribution < -0.4 is 11.1 Å². The molecule has 0 aromatic rings. The fraction of sp³-hybridized carbons (Fsp3) is 0.917. The summed E-state index contributed by atoms with van der Waals surface area (Å²) in [6.07, 6.45) is 5.73. The van der Waals surface area contributed by atoms with Crippen molar-refractivity contribution in [1.82, 2.24) is 5.32 Å². The number of hydrogen-bond acceptors (Lipinski definition) is 2. The third kappa shape index (κ3) is 4.84. The number of nitrogens with one attached hydrogen (secondary N) is 1. The van der Waals surface area contributed by atoms with E-state index in [-0.39, 0.29) is 12.6 Å². The molecule has 0 heterocycles. The van der Waals surface area contributed by atoms with Crippen molar-refractivity contribution in [3.63, 3.8) is 0 Å². The Morgan fingerprint density at radius 2 is 2.06 bits per heavy atom. The molecule has 1 saturated carbocycles. The lowest BCUT2D eigenvalue weighted by atomic mass is 10.0. The van der Waals surface area contributed by atoms with E-state index in [1.165, 1.54) is 12.8 Å². The zero-order valence-electron chi connectivity index (χ0n) is 10.4. The minimum absolute atomic E-state index is 0.0325. The molecule has 1 rings (SSSR count). The molecule has 0 spiro atoms. The molecule has 0 aromatic carbocycles. The highest BCUT2D eigenvalue weighted by Gasteiger charge is 2.15. The van der Waals surface area contributed by atoms with Crippen LogP contribution in [0.5, 0.6) is 0 Å². The Balaban J connectivity index is 2.37. The van der Waals surface area contributed by atoms with Crippen LogP contribution in [0.4, 0.5) is 0 Å². The lowest BCUT2D eigenvalue weighted by molar-refractivity contribution is 0.238. The van der Waals surface area contributed by atoms with E-state index in [0.717, 1.165) is 19.3 Å². The Bertz CT molecular complexity index is 222. The van der Waals surface area contributed by atoms with Crippen molar-refractivity contribution in [2.24, 2.45) is 16.6 Å². The molecule has 0 aromatic heterocycles. The zero-order chi connectivity index (χ0) is 12.0. The van der Waals surface area contributed by atoms with Crippen molar-refractivity contribution in [2.45, 2.75) is 58.0 Å². The average molecular weight is 227 g/mol. The molecule has 0 amide bonds. The van der Waals surface area contributed by atoms with Gasteiger partial charge >= 0.3 is 0 Å². The summed E-state index contributed by atoms with van der Waals surface area (Å²) in [5.74, 6) is 1.04. The monoisotopic (exact) mass is 227 g/mol. The Hall–Kier alpha value is -0.770. The summed E-state index contributed by atoms with van der Waals surface area (Å²) in [5.41, 5.74) is 5.83. The maximum absolute atomic E-state index is 9.21. The second-order valence-corrected chi connectivity index (χ2v) is 5.11. The third-order valence-electron chi connectivity index (χ3n) is 2.97. The van der Waals surface area contributed by atoms with E-state index < -0.39 is 0 Å². The normalized spacial score (nSPS) is 20.4. The summed E-state index contributed by atoms with van der Waals surface area (Å²) in [4.78, 5) is 4.44. The van der Waals surface area contributed by atoms with E-state index in [1.807, 2.05) is 0 Å². The van der Waals surface area contributed by atoms with Gasteiger partial charge in [-0.2, -0.15) is 0 Å². The van der Waals surface area contributed by atoms with Crippen molar-refractivity contribution in [3.05, 3.63) is 0 Å². The molecule has 94 valence electrons.